The first kappa shape index (κ1) is 14.3. The number of halogens is 3. The molecule has 6 heteroatoms. The van der Waals surface area contributed by atoms with E-state index in [1.54, 1.807) is 23.0 Å². The second kappa shape index (κ2) is 4.98. The van der Waals surface area contributed by atoms with Gasteiger partial charge in [-0.1, -0.05) is 18.7 Å². The highest BCUT2D eigenvalue weighted by Gasteiger charge is 2.30. The fourth-order valence-corrected chi connectivity index (χ4v) is 2.15. The number of hydrogen-bond acceptors (Lipinski definition) is 2. The van der Waals surface area contributed by atoms with E-state index in [-0.39, 0.29) is 0 Å². The third kappa shape index (κ3) is 2.47. The number of rotatable bonds is 2. The zero-order chi connectivity index (χ0) is 15.9. The van der Waals surface area contributed by atoms with Crippen molar-refractivity contribution in [3.63, 3.8) is 0 Å². The lowest BCUT2D eigenvalue weighted by Gasteiger charge is -2.09. The summed E-state index contributed by atoms with van der Waals surface area (Å²) in [5, 5.41) is 0. The summed E-state index contributed by atoms with van der Waals surface area (Å²) in [4.78, 5) is 8.69. The third-order valence-corrected chi connectivity index (χ3v) is 3.30. The second-order valence-electron chi connectivity index (χ2n) is 4.99. The predicted octanol–water partition coefficient (Wildman–Crippen LogP) is 4.45. The Kier molecular flexibility index (Phi) is 3.24. The molecule has 0 amide bonds. The van der Waals surface area contributed by atoms with E-state index in [2.05, 4.69) is 16.5 Å². The van der Waals surface area contributed by atoms with Gasteiger partial charge in [-0.3, -0.25) is 0 Å². The standard InChI is InChI=1S/C16H12F3N3/c1-10(2)13-9-22-8-7-20-15(22)14(21-13)11-3-5-12(6-4-11)16(17,18)19/h3-9H,1H2,2H3. The lowest BCUT2D eigenvalue weighted by atomic mass is 10.1. The minimum Gasteiger partial charge on any atom is -0.303 e. The Balaban J connectivity index is 2.17. The van der Waals surface area contributed by atoms with Gasteiger partial charge in [0.1, 0.15) is 5.69 Å². The van der Waals surface area contributed by atoms with Crippen LogP contribution in [0.5, 0.6) is 0 Å². The molecule has 0 radical (unpaired) electrons. The molecule has 0 aliphatic heterocycles. The first-order valence-electron chi connectivity index (χ1n) is 6.53. The van der Waals surface area contributed by atoms with E-state index in [1.165, 1.54) is 12.1 Å². The Labute approximate surface area is 124 Å². The highest BCUT2D eigenvalue weighted by molar-refractivity contribution is 5.76. The maximum Gasteiger partial charge on any atom is 0.416 e. The van der Waals surface area contributed by atoms with Gasteiger partial charge in [-0.25, -0.2) is 9.97 Å². The molecule has 0 aliphatic carbocycles. The molecule has 0 N–H and O–H groups in total. The fraction of sp³-hybridized carbons (Fsp3) is 0.125. The Bertz CT molecular complexity index is 845. The summed E-state index contributed by atoms with van der Waals surface area (Å²) < 4.78 is 39.7. The number of benzene rings is 1. The molecule has 3 rings (SSSR count). The largest absolute Gasteiger partial charge is 0.416 e. The summed E-state index contributed by atoms with van der Waals surface area (Å²) in [6.45, 7) is 5.67. The van der Waals surface area contributed by atoms with Crippen molar-refractivity contribution >= 4 is 11.2 Å². The lowest BCUT2D eigenvalue weighted by molar-refractivity contribution is -0.137. The number of nitrogens with zero attached hydrogens (tertiary/aromatic N) is 3. The van der Waals surface area contributed by atoms with E-state index < -0.39 is 11.7 Å². The van der Waals surface area contributed by atoms with Crippen molar-refractivity contribution in [2.24, 2.45) is 0 Å². The fourth-order valence-electron chi connectivity index (χ4n) is 2.15. The minimum atomic E-state index is -4.35. The predicted molar refractivity (Wildman–Crippen MR) is 78.1 cm³/mol. The van der Waals surface area contributed by atoms with E-state index in [4.69, 9.17) is 0 Å². The molecule has 0 saturated heterocycles. The number of imidazole rings is 1. The third-order valence-electron chi connectivity index (χ3n) is 3.30. The smallest absolute Gasteiger partial charge is 0.303 e. The molecule has 1 aromatic carbocycles. The van der Waals surface area contributed by atoms with Crippen LogP contribution in [-0.2, 0) is 6.18 Å². The van der Waals surface area contributed by atoms with Crippen molar-refractivity contribution < 1.29 is 13.2 Å². The van der Waals surface area contributed by atoms with E-state index in [9.17, 15) is 13.2 Å². The molecule has 0 unspecified atom stereocenters. The molecule has 112 valence electrons. The van der Waals surface area contributed by atoms with Crippen LogP contribution in [0.25, 0.3) is 22.5 Å². The van der Waals surface area contributed by atoms with Crippen LogP contribution < -0.4 is 0 Å². The van der Waals surface area contributed by atoms with Crippen molar-refractivity contribution in [3.05, 3.63) is 60.7 Å². The van der Waals surface area contributed by atoms with Gasteiger partial charge in [0.15, 0.2) is 5.65 Å². The van der Waals surface area contributed by atoms with Gasteiger partial charge in [0.2, 0.25) is 0 Å². The molecule has 3 aromatic rings. The van der Waals surface area contributed by atoms with Crippen molar-refractivity contribution in [1.82, 2.24) is 14.4 Å². The Morgan fingerprint density at radius 2 is 1.86 bits per heavy atom. The summed E-state index contributed by atoms with van der Waals surface area (Å²) in [6.07, 6.45) is 0.816. The number of allylic oxidation sites excluding steroid dienone is 1. The molecule has 0 spiro atoms. The summed E-state index contributed by atoms with van der Waals surface area (Å²) in [5.74, 6) is 0. The zero-order valence-corrected chi connectivity index (χ0v) is 11.7. The van der Waals surface area contributed by atoms with Crippen LogP contribution in [0.2, 0.25) is 0 Å². The summed E-state index contributed by atoms with van der Waals surface area (Å²) >= 11 is 0. The first-order valence-corrected chi connectivity index (χ1v) is 6.53. The normalized spacial score (nSPS) is 11.8. The SMILES string of the molecule is C=C(C)c1cn2ccnc2c(-c2ccc(C(F)(F)F)cc2)n1. The average molecular weight is 303 g/mol. The summed E-state index contributed by atoms with van der Waals surface area (Å²) in [6, 6.07) is 4.90. The van der Waals surface area contributed by atoms with E-state index in [0.717, 1.165) is 17.7 Å². The van der Waals surface area contributed by atoms with E-state index >= 15 is 0 Å². The molecule has 2 heterocycles. The maximum atomic E-state index is 12.7. The van der Waals surface area contributed by atoms with Crippen LogP contribution in [0, 0.1) is 0 Å². The van der Waals surface area contributed by atoms with Crippen molar-refractivity contribution in [3.8, 4) is 11.3 Å². The minimum absolute atomic E-state index is 0.527. The first-order chi connectivity index (χ1) is 10.4. The molecular weight excluding hydrogens is 291 g/mol. The molecule has 22 heavy (non-hydrogen) atoms. The molecule has 3 nitrogen and oxygen atoms in total. The topological polar surface area (TPSA) is 30.2 Å². The molecule has 0 fully saturated rings. The second-order valence-corrected chi connectivity index (χ2v) is 4.99. The van der Waals surface area contributed by atoms with E-state index in [0.29, 0.717) is 22.6 Å². The Hall–Kier alpha value is -2.63. The van der Waals surface area contributed by atoms with Gasteiger partial charge < -0.3 is 4.40 Å². The van der Waals surface area contributed by atoms with Crippen LogP contribution in [0.15, 0.2) is 49.4 Å². The van der Waals surface area contributed by atoms with Crippen LogP contribution in [-0.4, -0.2) is 14.4 Å². The molecule has 0 aliphatic rings. The Morgan fingerprint density at radius 3 is 2.45 bits per heavy atom. The highest BCUT2D eigenvalue weighted by atomic mass is 19.4. The zero-order valence-electron chi connectivity index (χ0n) is 11.7. The number of fused-ring (bicyclic) bond motifs is 1. The van der Waals surface area contributed by atoms with Crippen molar-refractivity contribution in [2.45, 2.75) is 13.1 Å². The maximum absolute atomic E-state index is 12.7. The van der Waals surface area contributed by atoms with Crippen molar-refractivity contribution in [1.29, 1.82) is 0 Å². The molecule has 0 atom stereocenters. The van der Waals surface area contributed by atoms with Crippen LogP contribution in [0.1, 0.15) is 18.2 Å². The van der Waals surface area contributed by atoms with Gasteiger partial charge in [0.25, 0.3) is 0 Å². The highest BCUT2D eigenvalue weighted by Crippen LogP contribution is 2.31. The van der Waals surface area contributed by atoms with Gasteiger partial charge in [0.05, 0.1) is 11.3 Å². The molecule has 0 saturated carbocycles. The quantitative estimate of drug-likeness (QED) is 0.700. The molecule has 2 aromatic heterocycles. The van der Waals surface area contributed by atoms with Crippen LogP contribution in [0.4, 0.5) is 13.2 Å². The lowest BCUT2D eigenvalue weighted by Crippen LogP contribution is -2.04. The number of hydrogen-bond donors (Lipinski definition) is 0. The Morgan fingerprint density at radius 1 is 1.18 bits per heavy atom. The molecule has 0 bridgehead atoms. The van der Waals surface area contributed by atoms with Gasteiger partial charge >= 0.3 is 6.18 Å². The monoisotopic (exact) mass is 303 g/mol. The molecular formula is C16H12F3N3. The number of aromatic nitrogens is 3. The van der Waals surface area contributed by atoms with Crippen LogP contribution in [0.3, 0.4) is 0 Å². The van der Waals surface area contributed by atoms with Gasteiger partial charge in [-0.05, 0) is 24.6 Å². The van der Waals surface area contributed by atoms with Gasteiger partial charge in [-0.2, -0.15) is 13.2 Å². The van der Waals surface area contributed by atoms with E-state index in [1.807, 2.05) is 6.92 Å². The summed E-state index contributed by atoms with van der Waals surface area (Å²) in [5.41, 5.74) is 2.44. The number of alkyl halides is 3. The van der Waals surface area contributed by atoms with Gasteiger partial charge in [0, 0.05) is 24.2 Å². The average Bonchev–Trinajstić information content (AvgIpc) is 2.93. The summed E-state index contributed by atoms with van der Waals surface area (Å²) in [7, 11) is 0. The van der Waals surface area contributed by atoms with Gasteiger partial charge in [-0.15, -0.1) is 0 Å². The van der Waals surface area contributed by atoms with Crippen molar-refractivity contribution in [2.75, 3.05) is 0 Å². The van der Waals surface area contributed by atoms with Crippen LogP contribution >= 0.6 is 0 Å².